The summed E-state index contributed by atoms with van der Waals surface area (Å²) in [6, 6.07) is 5.56. The van der Waals surface area contributed by atoms with Crippen LogP contribution in [0.4, 0.5) is 0 Å². The van der Waals surface area contributed by atoms with Crippen LogP contribution in [0.15, 0.2) is 41.7 Å². The number of aromatic nitrogens is 3. The highest BCUT2D eigenvalue weighted by Gasteiger charge is 2.15. The number of aryl methyl sites for hydroxylation is 1. The minimum absolute atomic E-state index is 0.167. The van der Waals surface area contributed by atoms with Gasteiger partial charge in [0.15, 0.2) is 0 Å². The van der Waals surface area contributed by atoms with Crippen LogP contribution in [0.1, 0.15) is 12.1 Å². The number of nitrogens with zero attached hydrogens (tertiary/aromatic N) is 3. The molecule has 2 rings (SSSR count). The molecule has 0 fully saturated rings. The van der Waals surface area contributed by atoms with Crippen molar-refractivity contribution in [2.45, 2.75) is 24.3 Å². The normalized spacial score (nSPS) is 11.7. The molecule has 8 heteroatoms. The molecule has 21 heavy (non-hydrogen) atoms. The second kappa shape index (κ2) is 7.30. The largest absolute Gasteiger partial charge is 0.330 e. The predicted octanol–water partition coefficient (Wildman–Crippen LogP) is 0.148. The average molecular weight is 309 g/mol. The summed E-state index contributed by atoms with van der Waals surface area (Å²) in [5.74, 6) is 0. The van der Waals surface area contributed by atoms with Crippen molar-refractivity contribution >= 4 is 10.0 Å². The average Bonchev–Trinajstić information content (AvgIpc) is 2.96. The second-order valence-electron chi connectivity index (χ2n) is 4.55. The summed E-state index contributed by atoms with van der Waals surface area (Å²) in [4.78, 5) is 4.31. The predicted molar refractivity (Wildman–Crippen MR) is 79.0 cm³/mol. The fraction of sp³-hybridized carbons (Fsp3) is 0.385. The summed E-state index contributed by atoms with van der Waals surface area (Å²) in [5.41, 5.74) is 6.26. The number of hydrogen-bond donors (Lipinski definition) is 2. The summed E-state index contributed by atoms with van der Waals surface area (Å²) in [6.45, 7) is 1.46. The Balaban J connectivity index is 1.90. The first-order valence-corrected chi connectivity index (χ1v) is 8.22. The number of nitrogens with one attached hydrogen (secondary N) is 1. The molecule has 0 saturated heterocycles. The zero-order valence-corrected chi connectivity index (χ0v) is 12.5. The Morgan fingerprint density at radius 3 is 2.90 bits per heavy atom. The molecule has 0 bridgehead atoms. The highest BCUT2D eigenvalue weighted by atomic mass is 32.2. The first-order chi connectivity index (χ1) is 10.1. The lowest BCUT2D eigenvalue weighted by Gasteiger charge is -2.04. The maximum atomic E-state index is 12.1. The number of rotatable bonds is 8. The number of hydrogen-bond acceptors (Lipinski definition) is 5. The topological polar surface area (TPSA) is 103 Å². The van der Waals surface area contributed by atoms with Crippen LogP contribution in [-0.2, 0) is 23.0 Å². The van der Waals surface area contributed by atoms with Gasteiger partial charge >= 0.3 is 0 Å². The van der Waals surface area contributed by atoms with Gasteiger partial charge in [-0.25, -0.2) is 13.1 Å². The molecule has 0 aliphatic heterocycles. The van der Waals surface area contributed by atoms with E-state index in [-0.39, 0.29) is 4.90 Å². The molecule has 2 aromatic heterocycles. The van der Waals surface area contributed by atoms with Crippen molar-refractivity contribution in [3.63, 3.8) is 0 Å². The number of nitrogens with two attached hydrogens (primary N) is 1. The lowest BCUT2D eigenvalue weighted by Crippen LogP contribution is -2.25. The van der Waals surface area contributed by atoms with Crippen molar-refractivity contribution in [3.8, 4) is 0 Å². The van der Waals surface area contributed by atoms with Gasteiger partial charge in [0.05, 0.1) is 6.20 Å². The molecule has 0 spiro atoms. The van der Waals surface area contributed by atoms with E-state index in [1.807, 2.05) is 18.2 Å². The van der Waals surface area contributed by atoms with Gasteiger partial charge in [-0.1, -0.05) is 6.07 Å². The van der Waals surface area contributed by atoms with Crippen molar-refractivity contribution in [2.24, 2.45) is 5.73 Å². The fourth-order valence-electron chi connectivity index (χ4n) is 1.80. The van der Waals surface area contributed by atoms with E-state index in [1.54, 1.807) is 10.9 Å². The molecule has 3 N–H and O–H groups in total. The van der Waals surface area contributed by atoms with Gasteiger partial charge in [0.25, 0.3) is 0 Å². The van der Waals surface area contributed by atoms with Crippen LogP contribution in [0.25, 0.3) is 0 Å². The minimum Gasteiger partial charge on any atom is -0.330 e. The first-order valence-electron chi connectivity index (χ1n) is 6.74. The van der Waals surface area contributed by atoms with Gasteiger partial charge in [0.2, 0.25) is 10.0 Å². The van der Waals surface area contributed by atoms with Gasteiger partial charge < -0.3 is 5.73 Å². The van der Waals surface area contributed by atoms with Crippen molar-refractivity contribution in [1.82, 2.24) is 19.5 Å². The maximum Gasteiger partial charge on any atom is 0.243 e. The molecule has 0 aliphatic rings. The van der Waals surface area contributed by atoms with Crippen LogP contribution < -0.4 is 10.5 Å². The third kappa shape index (κ3) is 4.62. The fourth-order valence-corrected chi connectivity index (χ4v) is 2.79. The quantitative estimate of drug-likeness (QED) is 0.722. The summed E-state index contributed by atoms with van der Waals surface area (Å²) in [7, 11) is -3.53. The van der Waals surface area contributed by atoms with Crippen LogP contribution in [0.5, 0.6) is 0 Å². The molecule has 7 nitrogen and oxygen atoms in total. The molecule has 0 atom stereocenters. The van der Waals surface area contributed by atoms with E-state index in [2.05, 4.69) is 14.8 Å². The molecule has 0 saturated carbocycles. The van der Waals surface area contributed by atoms with Crippen molar-refractivity contribution in [2.75, 3.05) is 13.1 Å². The Kier molecular flexibility index (Phi) is 5.43. The minimum atomic E-state index is -3.53. The third-order valence-corrected chi connectivity index (χ3v) is 4.33. The van der Waals surface area contributed by atoms with Crippen molar-refractivity contribution < 1.29 is 8.42 Å². The molecule has 2 aromatic rings. The summed E-state index contributed by atoms with van der Waals surface area (Å²) in [6.07, 6.45) is 5.85. The standard InChI is InChI=1S/C13H19N5O2S/c14-6-3-9-18-11-13(10-16-18)21(19,20)17-8-5-12-4-1-2-7-15-12/h1-2,4,7,10-11,17H,3,5-6,8-9,14H2. The van der Waals surface area contributed by atoms with E-state index in [0.29, 0.717) is 26.1 Å². The van der Waals surface area contributed by atoms with Gasteiger partial charge in [-0.15, -0.1) is 0 Å². The lowest BCUT2D eigenvalue weighted by atomic mass is 10.3. The van der Waals surface area contributed by atoms with Gasteiger partial charge in [-0.3, -0.25) is 9.67 Å². The Bertz CT molecular complexity index is 654. The van der Waals surface area contributed by atoms with Crippen LogP contribution >= 0.6 is 0 Å². The second-order valence-corrected chi connectivity index (χ2v) is 6.32. The molecule has 0 radical (unpaired) electrons. The number of sulfonamides is 1. The summed E-state index contributed by atoms with van der Waals surface area (Å²) in [5, 5.41) is 4.02. The monoisotopic (exact) mass is 309 g/mol. The summed E-state index contributed by atoms with van der Waals surface area (Å²) < 4.78 is 28.3. The van der Waals surface area contributed by atoms with Gasteiger partial charge in [0, 0.05) is 37.6 Å². The Labute approximate surface area is 124 Å². The molecule has 2 heterocycles. The number of pyridine rings is 1. The molecule has 0 aromatic carbocycles. The Morgan fingerprint density at radius 2 is 2.19 bits per heavy atom. The Hall–Kier alpha value is -1.77. The lowest BCUT2D eigenvalue weighted by molar-refractivity contribution is 0.576. The van der Waals surface area contributed by atoms with Crippen LogP contribution in [0, 0.1) is 0 Å². The molecular formula is C13H19N5O2S. The maximum absolute atomic E-state index is 12.1. The Morgan fingerprint density at radius 1 is 1.33 bits per heavy atom. The van der Waals surface area contributed by atoms with Gasteiger partial charge in [-0.05, 0) is 25.1 Å². The van der Waals surface area contributed by atoms with E-state index in [9.17, 15) is 8.42 Å². The summed E-state index contributed by atoms with van der Waals surface area (Å²) >= 11 is 0. The van der Waals surface area contributed by atoms with E-state index in [1.165, 1.54) is 12.4 Å². The van der Waals surface area contributed by atoms with E-state index < -0.39 is 10.0 Å². The molecular weight excluding hydrogens is 290 g/mol. The van der Waals surface area contributed by atoms with E-state index >= 15 is 0 Å². The van der Waals surface area contributed by atoms with E-state index in [4.69, 9.17) is 5.73 Å². The third-order valence-electron chi connectivity index (χ3n) is 2.91. The zero-order valence-electron chi connectivity index (χ0n) is 11.6. The SMILES string of the molecule is NCCCn1cc(S(=O)(=O)NCCc2ccccn2)cn1. The zero-order chi connectivity index (χ0) is 15.1. The van der Waals surface area contributed by atoms with Gasteiger partial charge in [-0.2, -0.15) is 5.10 Å². The first kappa shape index (κ1) is 15.6. The highest BCUT2D eigenvalue weighted by molar-refractivity contribution is 7.89. The molecule has 114 valence electrons. The van der Waals surface area contributed by atoms with Crippen LogP contribution in [-0.4, -0.2) is 36.3 Å². The van der Waals surface area contributed by atoms with Crippen molar-refractivity contribution in [3.05, 3.63) is 42.5 Å². The highest BCUT2D eigenvalue weighted by Crippen LogP contribution is 2.07. The van der Waals surface area contributed by atoms with E-state index in [0.717, 1.165) is 12.1 Å². The van der Waals surface area contributed by atoms with Crippen molar-refractivity contribution in [1.29, 1.82) is 0 Å². The molecule has 0 amide bonds. The van der Waals surface area contributed by atoms with Crippen LogP contribution in [0.3, 0.4) is 0 Å². The van der Waals surface area contributed by atoms with Crippen LogP contribution in [0.2, 0.25) is 0 Å². The molecule has 0 aliphatic carbocycles. The smallest absolute Gasteiger partial charge is 0.243 e. The van der Waals surface area contributed by atoms with Gasteiger partial charge in [0.1, 0.15) is 4.90 Å². The molecule has 0 unspecified atom stereocenters.